The minimum absolute atomic E-state index is 0.214. The minimum Gasteiger partial charge on any atom is -0.373 e. The summed E-state index contributed by atoms with van der Waals surface area (Å²) in [6, 6.07) is 12.2. The second kappa shape index (κ2) is 7.41. The molecule has 2 aliphatic heterocycles. The van der Waals surface area contributed by atoms with Gasteiger partial charge in [0.2, 0.25) is 5.91 Å². The molecule has 2 saturated heterocycles. The van der Waals surface area contributed by atoms with Crippen molar-refractivity contribution >= 4 is 17.7 Å². The molecule has 2 aromatic rings. The van der Waals surface area contributed by atoms with Gasteiger partial charge >= 0.3 is 0 Å². The van der Waals surface area contributed by atoms with Crippen LogP contribution in [0.15, 0.2) is 48.8 Å². The molecule has 26 heavy (non-hydrogen) atoms. The zero-order valence-electron chi connectivity index (χ0n) is 15.1. The summed E-state index contributed by atoms with van der Waals surface area (Å²) in [4.78, 5) is 18.5. The van der Waals surface area contributed by atoms with Crippen molar-refractivity contribution in [1.29, 1.82) is 0 Å². The number of pyridine rings is 1. The van der Waals surface area contributed by atoms with Crippen molar-refractivity contribution in [2.24, 2.45) is 0 Å². The molecule has 0 saturated carbocycles. The summed E-state index contributed by atoms with van der Waals surface area (Å²) >= 11 is 1.97. The second-order valence-corrected chi connectivity index (χ2v) is 8.89. The Balaban J connectivity index is 1.23. The Hall–Kier alpha value is -1.85. The van der Waals surface area contributed by atoms with Gasteiger partial charge in [0.05, 0.1) is 23.9 Å². The van der Waals surface area contributed by atoms with E-state index in [0.717, 1.165) is 36.4 Å². The number of ether oxygens (including phenoxy) is 1. The third-order valence-electron chi connectivity index (χ3n) is 5.20. The third kappa shape index (κ3) is 3.94. The van der Waals surface area contributed by atoms with E-state index in [1.807, 2.05) is 28.8 Å². The van der Waals surface area contributed by atoms with Gasteiger partial charge in [-0.05, 0) is 36.6 Å². The van der Waals surface area contributed by atoms with Gasteiger partial charge in [-0.2, -0.15) is 0 Å². The van der Waals surface area contributed by atoms with Crippen molar-refractivity contribution in [3.05, 3.63) is 65.5 Å². The Morgan fingerprint density at radius 3 is 2.65 bits per heavy atom. The molecular weight excluding hydrogens is 344 g/mol. The number of aryl methyl sites for hydroxylation is 1. The average Bonchev–Trinajstić information content (AvgIpc) is 3.06. The number of rotatable bonds is 5. The molecule has 1 spiro atoms. The molecule has 0 aliphatic carbocycles. The Labute approximate surface area is 159 Å². The molecule has 2 aliphatic rings. The maximum absolute atomic E-state index is 12.5. The summed E-state index contributed by atoms with van der Waals surface area (Å²) < 4.78 is 6.28. The first-order valence-corrected chi connectivity index (χ1v) is 10.1. The number of carbonyl (C=O) groups is 1. The standard InChI is InChI=1S/C21H24N2O2S/c1-16-2-4-17(5-3-16)10-20(24)23-14-21(15-23)11-19(13-26-21)25-12-18-6-8-22-9-7-18/h2-9,19H,10-15H2,1H3. The summed E-state index contributed by atoms with van der Waals surface area (Å²) in [7, 11) is 0. The van der Waals surface area contributed by atoms with E-state index in [1.165, 1.54) is 5.56 Å². The van der Waals surface area contributed by atoms with E-state index in [2.05, 4.69) is 36.2 Å². The number of aromatic nitrogens is 1. The molecule has 136 valence electrons. The highest BCUT2D eigenvalue weighted by Crippen LogP contribution is 2.46. The van der Waals surface area contributed by atoms with Crippen LogP contribution in [0.25, 0.3) is 0 Å². The highest BCUT2D eigenvalue weighted by Gasteiger charge is 2.50. The molecule has 2 fully saturated rings. The van der Waals surface area contributed by atoms with Crippen molar-refractivity contribution in [2.75, 3.05) is 18.8 Å². The third-order valence-corrected chi connectivity index (χ3v) is 6.77. The van der Waals surface area contributed by atoms with E-state index >= 15 is 0 Å². The van der Waals surface area contributed by atoms with Gasteiger partial charge in [0.15, 0.2) is 0 Å². The number of thioether (sulfide) groups is 1. The number of hydrogen-bond donors (Lipinski definition) is 0. The van der Waals surface area contributed by atoms with Crippen LogP contribution in [-0.4, -0.2) is 45.5 Å². The van der Waals surface area contributed by atoms with Gasteiger partial charge in [-0.15, -0.1) is 11.8 Å². The van der Waals surface area contributed by atoms with Crippen molar-refractivity contribution in [3.8, 4) is 0 Å². The Kier molecular flexibility index (Phi) is 5.00. The lowest BCUT2D eigenvalue weighted by atomic mass is 9.92. The predicted molar refractivity (Wildman–Crippen MR) is 104 cm³/mol. The first-order valence-electron chi connectivity index (χ1n) is 9.10. The number of carbonyl (C=O) groups excluding carboxylic acids is 1. The van der Waals surface area contributed by atoms with Crippen molar-refractivity contribution in [2.45, 2.75) is 37.2 Å². The normalized spacial score (nSPS) is 21.0. The van der Waals surface area contributed by atoms with E-state index < -0.39 is 0 Å². The maximum atomic E-state index is 12.5. The van der Waals surface area contributed by atoms with E-state index in [9.17, 15) is 4.79 Å². The van der Waals surface area contributed by atoms with Crippen LogP contribution in [0.3, 0.4) is 0 Å². The van der Waals surface area contributed by atoms with Gasteiger partial charge in [-0.1, -0.05) is 29.8 Å². The molecule has 1 atom stereocenters. The molecule has 4 nitrogen and oxygen atoms in total. The second-order valence-electron chi connectivity index (χ2n) is 7.40. The first kappa shape index (κ1) is 17.6. The molecule has 4 rings (SSSR count). The van der Waals surface area contributed by atoms with Crippen LogP contribution in [0.5, 0.6) is 0 Å². The maximum Gasteiger partial charge on any atom is 0.227 e. The van der Waals surface area contributed by atoms with Gasteiger partial charge in [-0.3, -0.25) is 9.78 Å². The zero-order chi connectivity index (χ0) is 18.0. The van der Waals surface area contributed by atoms with Crippen LogP contribution in [0.1, 0.15) is 23.1 Å². The largest absolute Gasteiger partial charge is 0.373 e. The minimum atomic E-state index is 0.214. The Morgan fingerprint density at radius 1 is 1.19 bits per heavy atom. The molecule has 1 aromatic heterocycles. The van der Waals surface area contributed by atoms with Crippen LogP contribution in [0.4, 0.5) is 0 Å². The highest BCUT2D eigenvalue weighted by atomic mass is 32.2. The molecule has 0 radical (unpaired) electrons. The SMILES string of the molecule is Cc1ccc(CC(=O)N2CC3(CC(OCc4ccncc4)CS3)C2)cc1. The smallest absolute Gasteiger partial charge is 0.227 e. The van der Waals surface area contributed by atoms with Gasteiger partial charge in [0, 0.05) is 31.2 Å². The van der Waals surface area contributed by atoms with E-state index in [0.29, 0.717) is 13.0 Å². The molecule has 1 amide bonds. The molecule has 5 heteroatoms. The van der Waals surface area contributed by atoms with Crippen LogP contribution in [0, 0.1) is 6.92 Å². The fourth-order valence-corrected chi connectivity index (χ4v) is 5.19. The summed E-state index contributed by atoms with van der Waals surface area (Å²) in [5.74, 6) is 1.26. The molecule has 0 bridgehead atoms. The van der Waals surface area contributed by atoms with Gasteiger partial charge < -0.3 is 9.64 Å². The summed E-state index contributed by atoms with van der Waals surface area (Å²) in [6.07, 6.45) is 5.42. The summed E-state index contributed by atoms with van der Waals surface area (Å²) in [6.45, 7) is 4.42. The average molecular weight is 369 g/mol. The molecule has 1 unspecified atom stereocenters. The molecule has 1 aromatic carbocycles. The van der Waals surface area contributed by atoms with E-state index in [4.69, 9.17) is 4.74 Å². The topological polar surface area (TPSA) is 42.4 Å². The molecular formula is C21H24N2O2S. The lowest BCUT2D eigenvalue weighted by molar-refractivity contribution is -0.136. The number of nitrogens with zero attached hydrogens (tertiary/aromatic N) is 2. The van der Waals surface area contributed by atoms with Crippen LogP contribution < -0.4 is 0 Å². The number of hydrogen-bond acceptors (Lipinski definition) is 4. The van der Waals surface area contributed by atoms with Crippen LogP contribution in [0.2, 0.25) is 0 Å². The fourth-order valence-electron chi connectivity index (χ4n) is 3.64. The van der Waals surface area contributed by atoms with Crippen molar-refractivity contribution in [1.82, 2.24) is 9.88 Å². The Morgan fingerprint density at radius 2 is 1.92 bits per heavy atom. The summed E-state index contributed by atoms with van der Waals surface area (Å²) in [5, 5.41) is 0. The monoisotopic (exact) mass is 368 g/mol. The zero-order valence-corrected chi connectivity index (χ0v) is 15.9. The molecule has 3 heterocycles. The number of amides is 1. The van der Waals surface area contributed by atoms with Crippen LogP contribution >= 0.6 is 11.8 Å². The predicted octanol–water partition coefficient (Wildman–Crippen LogP) is 3.24. The summed E-state index contributed by atoms with van der Waals surface area (Å²) in [5.41, 5.74) is 3.48. The molecule has 0 N–H and O–H groups in total. The van der Waals surface area contributed by atoms with E-state index in [-0.39, 0.29) is 16.8 Å². The van der Waals surface area contributed by atoms with Crippen LogP contribution in [-0.2, 0) is 22.6 Å². The lowest BCUT2D eigenvalue weighted by Crippen LogP contribution is -2.61. The van der Waals surface area contributed by atoms with Gasteiger partial charge in [-0.25, -0.2) is 0 Å². The number of likely N-dealkylation sites (tertiary alicyclic amines) is 1. The van der Waals surface area contributed by atoms with Gasteiger partial charge in [0.25, 0.3) is 0 Å². The van der Waals surface area contributed by atoms with Gasteiger partial charge in [0.1, 0.15) is 0 Å². The highest BCUT2D eigenvalue weighted by molar-refractivity contribution is 8.01. The van der Waals surface area contributed by atoms with Crippen molar-refractivity contribution in [3.63, 3.8) is 0 Å². The lowest BCUT2D eigenvalue weighted by Gasteiger charge is -2.47. The van der Waals surface area contributed by atoms with Crippen molar-refractivity contribution < 1.29 is 9.53 Å². The fraction of sp³-hybridized carbons (Fsp3) is 0.429. The Bertz CT molecular complexity index is 757. The van der Waals surface area contributed by atoms with E-state index in [1.54, 1.807) is 12.4 Å². The number of benzene rings is 1. The quantitative estimate of drug-likeness (QED) is 0.813. The first-order chi connectivity index (χ1) is 12.6.